The minimum absolute atomic E-state index is 0.0349. The van der Waals surface area contributed by atoms with E-state index in [0.717, 1.165) is 0 Å². The minimum atomic E-state index is -4.96. The number of hydrogen-bond acceptors (Lipinski definition) is 6. The number of nitrogens with one attached hydrogen (secondary N) is 1. The predicted molar refractivity (Wildman–Crippen MR) is 145 cm³/mol. The number of amides is 2. The Morgan fingerprint density at radius 3 is 2.44 bits per heavy atom. The molecule has 2 amide bonds. The predicted octanol–water partition coefficient (Wildman–Crippen LogP) is 7.33. The van der Waals surface area contributed by atoms with E-state index in [1.54, 1.807) is 20.8 Å². The summed E-state index contributed by atoms with van der Waals surface area (Å²) in [5, 5.41) is 1.72. The zero-order chi connectivity index (χ0) is 31.0. The van der Waals surface area contributed by atoms with Crippen LogP contribution in [0.1, 0.15) is 61.6 Å². The fourth-order valence-electron chi connectivity index (χ4n) is 4.11. The summed E-state index contributed by atoms with van der Waals surface area (Å²) in [7, 11) is -3.32. The Labute approximate surface area is 239 Å². The number of hydrogen-bond donors (Lipinski definition) is 1. The Bertz CT molecular complexity index is 1470. The molecular formula is C26H30ClF5N4O4S. The van der Waals surface area contributed by atoms with Gasteiger partial charge in [0.1, 0.15) is 11.4 Å². The van der Waals surface area contributed by atoms with Crippen LogP contribution in [0.15, 0.2) is 33.5 Å². The highest BCUT2D eigenvalue weighted by molar-refractivity contribution is 7.93. The first-order chi connectivity index (χ1) is 18.7. The lowest BCUT2D eigenvalue weighted by Crippen LogP contribution is -2.31. The summed E-state index contributed by atoms with van der Waals surface area (Å²) >= 11 is 6.00. The number of pyridine rings is 1. The van der Waals surface area contributed by atoms with Gasteiger partial charge in [0.25, 0.3) is 5.91 Å². The van der Waals surface area contributed by atoms with E-state index in [0.29, 0.717) is 0 Å². The highest BCUT2D eigenvalue weighted by Gasteiger charge is 2.40. The van der Waals surface area contributed by atoms with Gasteiger partial charge in [-0.2, -0.15) is 13.2 Å². The second-order valence-corrected chi connectivity index (χ2v) is 13.3. The van der Waals surface area contributed by atoms with Crippen molar-refractivity contribution in [3.8, 4) is 0 Å². The molecule has 41 heavy (non-hydrogen) atoms. The van der Waals surface area contributed by atoms with Crippen LogP contribution in [0.4, 0.5) is 38.3 Å². The summed E-state index contributed by atoms with van der Waals surface area (Å²) in [6.45, 7) is 5.66. The van der Waals surface area contributed by atoms with Gasteiger partial charge in [-0.1, -0.05) is 17.7 Å². The van der Waals surface area contributed by atoms with E-state index in [1.165, 1.54) is 42.3 Å². The maximum Gasteiger partial charge on any atom is 0.442 e. The first-order valence-corrected chi connectivity index (χ1v) is 14.8. The second-order valence-electron chi connectivity index (χ2n) is 10.6. The van der Waals surface area contributed by atoms with Crippen LogP contribution >= 0.6 is 11.6 Å². The van der Waals surface area contributed by atoms with E-state index < -0.39 is 68.8 Å². The second kappa shape index (κ2) is 11.7. The lowest BCUT2D eigenvalue weighted by molar-refractivity contribution is -0.141. The molecule has 1 atom stereocenters. The molecule has 1 fully saturated rings. The molecule has 2 aromatic rings. The number of carbonyl (C=O) groups excluding carboxylic acids is 2. The third kappa shape index (κ3) is 8.28. The molecule has 1 aliphatic heterocycles. The fourth-order valence-corrected chi connectivity index (χ4v) is 5.46. The van der Waals surface area contributed by atoms with Crippen LogP contribution in [-0.2, 0) is 20.6 Å². The molecule has 0 unspecified atom stereocenters. The van der Waals surface area contributed by atoms with Crippen molar-refractivity contribution in [1.82, 2.24) is 4.98 Å². The molecule has 0 spiro atoms. The van der Waals surface area contributed by atoms with Crippen molar-refractivity contribution in [2.24, 2.45) is 4.36 Å². The molecule has 15 heteroatoms. The van der Waals surface area contributed by atoms with Gasteiger partial charge in [-0.05, 0) is 57.9 Å². The molecule has 8 nitrogen and oxygen atoms in total. The normalized spacial score (nSPS) is 17.3. The third-order valence-corrected chi connectivity index (χ3v) is 8.13. The molecule has 1 N–H and O–H groups in total. The van der Waals surface area contributed by atoms with E-state index in [4.69, 9.17) is 16.3 Å². The summed E-state index contributed by atoms with van der Waals surface area (Å²) in [4.78, 5) is 30.6. The van der Waals surface area contributed by atoms with Crippen LogP contribution in [0, 0.1) is 6.92 Å². The molecule has 1 saturated heterocycles. The van der Waals surface area contributed by atoms with Crippen molar-refractivity contribution >= 4 is 44.8 Å². The minimum Gasteiger partial charge on any atom is -0.442 e. The van der Waals surface area contributed by atoms with Gasteiger partial charge in [-0.3, -0.25) is 4.79 Å². The van der Waals surface area contributed by atoms with Crippen molar-refractivity contribution in [2.45, 2.75) is 69.6 Å². The number of alkyl halides is 5. The van der Waals surface area contributed by atoms with Crippen molar-refractivity contribution in [3.05, 3.63) is 46.1 Å². The lowest BCUT2D eigenvalue weighted by atomic mass is 10.1. The van der Waals surface area contributed by atoms with Crippen LogP contribution < -0.4 is 10.2 Å². The lowest BCUT2D eigenvalue weighted by Gasteiger charge is -2.27. The Morgan fingerprint density at radius 1 is 1.17 bits per heavy atom. The molecule has 0 bridgehead atoms. The molecule has 0 aliphatic carbocycles. The van der Waals surface area contributed by atoms with Crippen molar-refractivity contribution < 1.29 is 40.5 Å². The SMILES string of the molecule is Cc1c(Cl)c(C(F)(F)F)nc(N2CCCC(F)(F)CC2)c1C(=O)Nc1cccc([S@](C)(=O)=NC(=O)OC(C)(C)C)c1. The van der Waals surface area contributed by atoms with Gasteiger partial charge in [0, 0.05) is 42.8 Å². The molecule has 1 aromatic heterocycles. The van der Waals surface area contributed by atoms with Crippen LogP contribution in [0.5, 0.6) is 0 Å². The van der Waals surface area contributed by atoms with Gasteiger partial charge in [-0.15, -0.1) is 4.36 Å². The van der Waals surface area contributed by atoms with Gasteiger partial charge in [-0.25, -0.2) is 22.8 Å². The summed E-state index contributed by atoms with van der Waals surface area (Å²) < 4.78 is 91.2. The smallest absolute Gasteiger partial charge is 0.442 e. The monoisotopic (exact) mass is 624 g/mol. The summed E-state index contributed by atoms with van der Waals surface area (Å²) in [5.74, 6) is -4.35. The van der Waals surface area contributed by atoms with Crippen molar-refractivity contribution in [3.63, 3.8) is 0 Å². The van der Waals surface area contributed by atoms with Gasteiger partial charge in [0.15, 0.2) is 5.69 Å². The highest BCUT2D eigenvalue weighted by Crippen LogP contribution is 2.40. The van der Waals surface area contributed by atoms with Crippen molar-refractivity contribution in [2.75, 3.05) is 29.6 Å². The van der Waals surface area contributed by atoms with E-state index in [2.05, 4.69) is 14.7 Å². The summed E-state index contributed by atoms with van der Waals surface area (Å²) in [6.07, 6.45) is -5.93. The largest absolute Gasteiger partial charge is 0.442 e. The van der Waals surface area contributed by atoms with Crippen LogP contribution in [0.3, 0.4) is 0 Å². The maximum atomic E-state index is 14.0. The van der Waals surface area contributed by atoms with Crippen LogP contribution in [-0.4, -0.2) is 52.1 Å². The number of ether oxygens (including phenoxy) is 1. The number of rotatable bonds is 4. The first kappa shape index (κ1) is 32.5. The summed E-state index contributed by atoms with van der Waals surface area (Å²) in [6, 6.07) is 5.55. The highest BCUT2D eigenvalue weighted by atomic mass is 35.5. The molecule has 0 saturated carbocycles. The van der Waals surface area contributed by atoms with E-state index in [9.17, 15) is 35.8 Å². The number of carbonyl (C=O) groups is 2. The Balaban J connectivity index is 2.03. The molecule has 0 radical (unpaired) electrons. The third-order valence-electron chi connectivity index (χ3n) is 6.04. The Hall–Kier alpha value is -3.00. The van der Waals surface area contributed by atoms with Gasteiger partial charge >= 0.3 is 12.3 Å². The molecular weight excluding hydrogens is 595 g/mol. The molecule has 2 heterocycles. The van der Waals surface area contributed by atoms with E-state index >= 15 is 0 Å². The number of nitrogens with zero attached hydrogens (tertiary/aromatic N) is 3. The molecule has 226 valence electrons. The number of anilines is 2. The summed E-state index contributed by atoms with van der Waals surface area (Å²) in [5.41, 5.74) is -2.80. The fraction of sp³-hybridized carbons (Fsp3) is 0.500. The van der Waals surface area contributed by atoms with E-state index in [1.807, 2.05) is 0 Å². The number of benzene rings is 1. The van der Waals surface area contributed by atoms with Gasteiger partial charge < -0.3 is 15.0 Å². The van der Waals surface area contributed by atoms with Gasteiger partial charge in [0.2, 0.25) is 5.92 Å². The van der Waals surface area contributed by atoms with Gasteiger partial charge in [0.05, 0.1) is 20.3 Å². The first-order valence-electron chi connectivity index (χ1n) is 12.5. The maximum absolute atomic E-state index is 14.0. The van der Waals surface area contributed by atoms with Crippen molar-refractivity contribution in [1.29, 1.82) is 0 Å². The number of aromatic nitrogens is 1. The van der Waals surface area contributed by atoms with E-state index in [-0.39, 0.29) is 41.2 Å². The number of halogens is 6. The van der Waals surface area contributed by atoms with Crippen LogP contribution in [0.25, 0.3) is 0 Å². The molecule has 1 aromatic carbocycles. The average molecular weight is 625 g/mol. The molecule has 1 aliphatic rings. The average Bonchev–Trinajstić information content (AvgIpc) is 2.98. The zero-order valence-electron chi connectivity index (χ0n) is 23.0. The zero-order valence-corrected chi connectivity index (χ0v) is 24.6. The quantitative estimate of drug-likeness (QED) is 0.358. The Kier molecular flexibility index (Phi) is 9.28. The Morgan fingerprint density at radius 2 is 1.83 bits per heavy atom. The standard InChI is InChI=1S/C26H30ClF5N4O4S/c1-15-18(21(34-20(19(15)27)26(30,31)32)36-12-7-10-25(28,29)11-13-36)22(37)33-16-8-6-9-17(14-16)41(5,39)35-23(38)40-24(2,3)4/h6,8-9,14H,7,10-13H2,1-5H3,(H,33,37)/t41-/m0/s1. The molecule has 3 rings (SSSR count). The van der Waals surface area contributed by atoms with Crippen LogP contribution in [0.2, 0.25) is 5.02 Å². The topological polar surface area (TPSA) is 101 Å².